The summed E-state index contributed by atoms with van der Waals surface area (Å²) in [5, 5.41) is 8.35. The first-order valence-electron chi connectivity index (χ1n) is 15.8. The number of rotatable bonds is 11. The van der Waals surface area contributed by atoms with Crippen LogP contribution in [0.4, 0.5) is 10.7 Å². The van der Waals surface area contributed by atoms with E-state index in [9.17, 15) is 24.0 Å². The molecule has 0 saturated carbocycles. The number of ether oxygens (including phenoxy) is 1. The minimum absolute atomic E-state index is 0.0465. The molecule has 0 spiro atoms. The Morgan fingerprint density at radius 1 is 1.00 bits per heavy atom. The van der Waals surface area contributed by atoms with Crippen LogP contribution in [0.2, 0.25) is 0 Å². The zero-order valence-corrected chi connectivity index (χ0v) is 30.8. The average Bonchev–Trinajstić information content (AvgIpc) is 3.45. The molecule has 13 heteroatoms. The van der Waals surface area contributed by atoms with Gasteiger partial charge in [-0.25, -0.2) is 4.79 Å². The Balaban J connectivity index is 1.30. The highest BCUT2D eigenvalue weighted by Crippen LogP contribution is 2.38. The van der Waals surface area contributed by atoms with Gasteiger partial charge in [0.05, 0.1) is 24.0 Å². The zero-order chi connectivity index (χ0) is 35.8. The standard InChI is InChI=1S/C37H35BrN4O6S2/c1-4-48-37(47)32-29-16-17-42(23(3)43)21-31(29)50-36(32)41-33(44)22(2)49-28-15-9-14-27(20-28)39-35(46)30(19-24-10-8-13-26(38)18-24)40-34(45)25-11-6-5-7-12-25/h5-15,18-20,22H,4,16-17,21H2,1-3H3,(H,39,46)(H,40,45)(H,41,44)/b30-19+. The molecule has 3 N–H and O–H groups in total. The topological polar surface area (TPSA) is 134 Å². The zero-order valence-electron chi connectivity index (χ0n) is 27.6. The van der Waals surface area contributed by atoms with E-state index in [1.54, 1.807) is 73.4 Å². The molecule has 4 aromatic rings. The molecule has 1 aliphatic rings. The number of carbonyl (C=O) groups is 5. The van der Waals surface area contributed by atoms with Crippen molar-refractivity contribution in [3.63, 3.8) is 0 Å². The molecule has 50 heavy (non-hydrogen) atoms. The van der Waals surface area contributed by atoms with Crippen LogP contribution in [0, 0.1) is 0 Å². The van der Waals surface area contributed by atoms with Crippen LogP contribution in [0.25, 0.3) is 6.08 Å². The van der Waals surface area contributed by atoms with Crippen LogP contribution in [0.15, 0.2) is 93.9 Å². The second-order valence-corrected chi connectivity index (χ2v) is 14.7. The van der Waals surface area contributed by atoms with Crippen LogP contribution in [0.1, 0.15) is 57.5 Å². The third kappa shape index (κ3) is 9.29. The highest BCUT2D eigenvalue weighted by atomic mass is 79.9. The molecule has 1 aromatic heterocycles. The van der Waals surface area contributed by atoms with E-state index in [1.807, 2.05) is 30.3 Å². The van der Waals surface area contributed by atoms with Gasteiger partial charge >= 0.3 is 5.97 Å². The number of anilines is 2. The number of amides is 4. The predicted octanol–water partition coefficient (Wildman–Crippen LogP) is 7.12. The summed E-state index contributed by atoms with van der Waals surface area (Å²) in [6.07, 6.45) is 2.09. The van der Waals surface area contributed by atoms with Crippen molar-refractivity contribution in [1.29, 1.82) is 0 Å². The van der Waals surface area contributed by atoms with Crippen molar-refractivity contribution in [2.24, 2.45) is 0 Å². The number of halogens is 1. The molecule has 258 valence electrons. The van der Waals surface area contributed by atoms with Gasteiger partial charge in [-0.1, -0.05) is 52.3 Å². The molecule has 0 saturated heterocycles. The molecule has 3 aromatic carbocycles. The van der Waals surface area contributed by atoms with Gasteiger partial charge in [-0.3, -0.25) is 19.2 Å². The molecule has 5 rings (SSSR count). The van der Waals surface area contributed by atoms with Gasteiger partial charge in [0.25, 0.3) is 11.8 Å². The summed E-state index contributed by atoms with van der Waals surface area (Å²) in [5.74, 6) is -1.84. The van der Waals surface area contributed by atoms with E-state index < -0.39 is 23.0 Å². The summed E-state index contributed by atoms with van der Waals surface area (Å²) in [6.45, 7) is 6.03. The summed E-state index contributed by atoms with van der Waals surface area (Å²) in [4.78, 5) is 68.2. The van der Waals surface area contributed by atoms with Crippen LogP contribution in [-0.4, -0.2) is 52.9 Å². The normalized spacial score (nSPS) is 13.1. The molecule has 0 radical (unpaired) electrons. The van der Waals surface area contributed by atoms with Gasteiger partial charge in [0.2, 0.25) is 11.8 Å². The molecule has 1 unspecified atom stereocenters. The average molecular weight is 776 g/mol. The number of hydrogen-bond donors (Lipinski definition) is 3. The second kappa shape index (κ2) is 16.8. The Hall–Kier alpha value is -4.72. The Morgan fingerprint density at radius 3 is 2.48 bits per heavy atom. The molecule has 0 aliphatic carbocycles. The monoisotopic (exact) mass is 774 g/mol. The van der Waals surface area contributed by atoms with Gasteiger partial charge in [-0.2, -0.15) is 0 Å². The fourth-order valence-corrected chi connectivity index (χ4v) is 7.80. The SMILES string of the molecule is CCOC(=O)c1c(NC(=O)C(C)Sc2cccc(NC(=O)/C(=C\c3cccc(Br)c3)NC(=O)c3ccccc3)c2)sc2c1CCN(C(C)=O)C2. The highest BCUT2D eigenvalue weighted by Gasteiger charge is 2.31. The van der Waals surface area contributed by atoms with Gasteiger partial charge in [0.15, 0.2) is 0 Å². The predicted molar refractivity (Wildman–Crippen MR) is 200 cm³/mol. The molecular weight excluding hydrogens is 740 g/mol. The Morgan fingerprint density at radius 2 is 1.76 bits per heavy atom. The maximum atomic E-state index is 13.6. The first-order valence-corrected chi connectivity index (χ1v) is 18.3. The van der Waals surface area contributed by atoms with E-state index in [0.717, 1.165) is 14.9 Å². The summed E-state index contributed by atoms with van der Waals surface area (Å²) in [5.41, 5.74) is 2.77. The van der Waals surface area contributed by atoms with Crippen LogP contribution < -0.4 is 16.0 Å². The van der Waals surface area contributed by atoms with E-state index in [4.69, 9.17) is 4.74 Å². The highest BCUT2D eigenvalue weighted by molar-refractivity contribution is 9.10. The number of hydrogen-bond acceptors (Lipinski definition) is 8. The fourth-order valence-electron chi connectivity index (χ4n) is 5.20. The van der Waals surface area contributed by atoms with Crippen molar-refractivity contribution < 1.29 is 28.7 Å². The molecule has 10 nitrogen and oxygen atoms in total. The minimum Gasteiger partial charge on any atom is -0.462 e. The molecule has 2 heterocycles. The molecule has 1 atom stereocenters. The van der Waals surface area contributed by atoms with Gasteiger partial charge in [0.1, 0.15) is 10.7 Å². The van der Waals surface area contributed by atoms with Crippen LogP contribution in [0.5, 0.6) is 0 Å². The van der Waals surface area contributed by atoms with Crippen LogP contribution in [-0.2, 0) is 32.1 Å². The Kier molecular flexibility index (Phi) is 12.3. The van der Waals surface area contributed by atoms with E-state index in [-0.39, 0.29) is 24.1 Å². The van der Waals surface area contributed by atoms with Crippen molar-refractivity contribution >= 4 is 85.4 Å². The molecule has 0 fully saturated rings. The lowest BCUT2D eigenvalue weighted by Gasteiger charge is -2.25. The largest absolute Gasteiger partial charge is 0.462 e. The van der Waals surface area contributed by atoms with Crippen molar-refractivity contribution in [2.75, 3.05) is 23.8 Å². The maximum Gasteiger partial charge on any atom is 0.341 e. The summed E-state index contributed by atoms with van der Waals surface area (Å²) in [6, 6.07) is 23.0. The molecular formula is C37H35BrN4O6S2. The van der Waals surface area contributed by atoms with Crippen molar-refractivity contribution in [1.82, 2.24) is 10.2 Å². The first-order chi connectivity index (χ1) is 24.0. The third-order valence-corrected chi connectivity index (χ3v) is 10.4. The number of esters is 1. The quantitative estimate of drug-likeness (QED) is 0.0840. The number of nitrogens with one attached hydrogen (secondary N) is 3. The van der Waals surface area contributed by atoms with E-state index in [2.05, 4.69) is 31.9 Å². The van der Waals surface area contributed by atoms with E-state index in [0.29, 0.717) is 51.8 Å². The lowest BCUT2D eigenvalue weighted by molar-refractivity contribution is -0.129. The third-order valence-electron chi connectivity index (χ3n) is 7.68. The molecule has 1 aliphatic heterocycles. The van der Waals surface area contributed by atoms with Crippen LogP contribution in [0.3, 0.4) is 0 Å². The number of carbonyl (C=O) groups excluding carboxylic acids is 5. The number of benzene rings is 3. The van der Waals surface area contributed by atoms with E-state index >= 15 is 0 Å². The lowest BCUT2D eigenvalue weighted by atomic mass is 10.0. The Bertz CT molecular complexity index is 1960. The van der Waals surface area contributed by atoms with Crippen molar-refractivity contribution in [3.05, 3.63) is 116 Å². The number of fused-ring (bicyclic) bond motifs is 1. The summed E-state index contributed by atoms with van der Waals surface area (Å²) < 4.78 is 6.13. The first kappa shape index (κ1) is 36.6. The minimum atomic E-state index is -0.582. The lowest BCUT2D eigenvalue weighted by Crippen LogP contribution is -2.34. The van der Waals surface area contributed by atoms with Gasteiger partial charge in [-0.05, 0) is 79.9 Å². The van der Waals surface area contributed by atoms with Gasteiger partial charge < -0.3 is 25.6 Å². The van der Waals surface area contributed by atoms with Crippen LogP contribution >= 0.6 is 39.0 Å². The Labute approximate surface area is 306 Å². The maximum absolute atomic E-state index is 13.6. The van der Waals surface area contributed by atoms with Crippen molar-refractivity contribution in [3.8, 4) is 0 Å². The molecule has 4 amide bonds. The number of thioether (sulfide) groups is 1. The summed E-state index contributed by atoms with van der Waals surface area (Å²) in [7, 11) is 0. The smallest absolute Gasteiger partial charge is 0.341 e. The fraction of sp³-hybridized carbons (Fsp3) is 0.216. The molecule has 0 bridgehead atoms. The second-order valence-electron chi connectivity index (χ2n) is 11.3. The van der Waals surface area contributed by atoms with Gasteiger partial charge in [-0.15, -0.1) is 23.1 Å². The number of nitrogens with zero attached hydrogens (tertiary/aromatic N) is 1. The number of thiophene rings is 1. The van der Waals surface area contributed by atoms with Gasteiger partial charge in [0, 0.05) is 39.0 Å². The van der Waals surface area contributed by atoms with Crippen molar-refractivity contribution in [2.45, 2.75) is 43.9 Å². The summed E-state index contributed by atoms with van der Waals surface area (Å²) >= 11 is 6.00. The van der Waals surface area contributed by atoms with E-state index in [1.165, 1.54) is 30.0 Å².